The zero-order valence-corrected chi connectivity index (χ0v) is 21.5. The van der Waals surface area contributed by atoms with Crippen molar-refractivity contribution in [2.45, 2.75) is 39.2 Å². The number of likely N-dealkylation sites (N-methyl/N-ethyl adjacent to an activating group) is 1. The van der Waals surface area contributed by atoms with E-state index in [1.54, 1.807) is 24.3 Å². The molecular formula is C28H33ClN4O3. The van der Waals surface area contributed by atoms with Gasteiger partial charge in [-0.25, -0.2) is 5.43 Å². The Morgan fingerprint density at radius 2 is 1.81 bits per heavy atom. The molecule has 2 N–H and O–H groups in total. The molecule has 3 rings (SSSR count). The molecule has 0 spiro atoms. The van der Waals surface area contributed by atoms with Crippen molar-refractivity contribution in [3.63, 3.8) is 0 Å². The van der Waals surface area contributed by atoms with Crippen molar-refractivity contribution in [1.82, 2.24) is 15.6 Å². The first-order valence-corrected chi connectivity index (χ1v) is 12.7. The molecule has 36 heavy (non-hydrogen) atoms. The first-order valence-electron chi connectivity index (χ1n) is 12.3. The van der Waals surface area contributed by atoms with Crippen molar-refractivity contribution in [1.29, 1.82) is 0 Å². The first kappa shape index (κ1) is 27.2. The van der Waals surface area contributed by atoms with Crippen LogP contribution in [0.25, 0.3) is 11.3 Å². The Kier molecular flexibility index (Phi) is 10.7. The van der Waals surface area contributed by atoms with E-state index < -0.39 is 0 Å². The molecule has 1 atom stereocenters. The molecule has 0 saturated carbocycles. The van der Waals surface area contributed by atoms with E-state index in [-0.39, 0.29) is 17.9 Å². The van der Waals surface area contributed by atoms with Crippen molar-refractivity contribution in [3.05, 3.63) is 83.1 Å². The molecule has 0 bridgehead atoms. The molecule has 8 heteroatoms. The number of hydrazone groups is 1. The van der Waals surface area contributed by atoms with Gasteiger partial charge in [-0.1, -0.05) is 55.8 Å². The molecule has 1 aromatic heterocycles. The van der Waals surface area contributed by atoms with Gasteiger partial charge >= 0.3 is 0 Å². The normalized spacial score (nSPS) is 12.1. The smallest absolute Gasteiger partial charge is 0.257 e. The van der Waals surface area contributed by atoms with Crippen molar-refractivity contribution in [2.75, 3.05) is 19.6 Å². The number of hydrogen-bond acceptors (Lipinski definition) is 5. The minimum Gasteiger partial charge on any atom is -0.455 e. The van der Waals surface area contributed by atoms with Crippen LogP contribution in [0.5, 0.6) is 0 Å². The van der Waals surface area contributed by atoms with Gasteiger partial charge in [-0.05, 0) is 68.8 Å². The second kappa shape index (κ2) is 14.2. The van der Waals surface area contributed by atoms with Gasteiger partial charge in [-0.2, -0.15) is 5.10 Å². The maximum absolute atomic E-state index is 12.9. The third kappa shape index (κ3) is 8.07. The van der Waals surface area contributed by atoms with Gasteiger partial charge in [0.1, 0.15) is 11.5 Å². The van der Waals surface area contributed by atoms with Crippen molar-refractivity contribution >= 4 is 29.6 Å². The number of carbonyl (C=O) groups is 2. The number of nitrogens with one attached hydrogen (secondary N) is 2. The molecular weight excluding hydrogens is 476 g/mol. The predicted molar refractivity (Wildman–Crippen MR) is 144 cm³/mol. The summed E-state index contributed by atoms with van der Waals surface area (Å²) in [6.45, 7) is 6.14. The zero-order chi connectivity index (χ0) is 25.8. The fourth-order valence-corrected chi connectivity index (χ4v) is 4.14. The van der Waals surface area contributed by atoms with E-state index in [4.69, 9.17) is 16.0 Å². The summed E-state index contributed by atoms with van der Waals surface area (Å²) in [5.41, 5.74) is 4.17. The number of nitrogens with zero attached hydrogens (tertiary/aromatic N) is 2. The highest BCUT2D eigenvalue weighted by Gasteiger charge is 2.23. The number of furan rings is 1. The Morgan fingerprint density at radius 3 is 2.53 bits per heavy atom. The Labute approximate surface area is 217 Å². The highest BCUT2D eigenvalue weighted by atomic mass is 35.5. The summed E-state index contributed by atoms with van der Waals surface area (Å²) >= 11 is 6.05. The van der Waals surface area contributed by atoms with Crippen LogP contribution in [0, 0.1) is 0 Å². The lowest BCUT2D eigenvalue weighted by Gasteiger charge is -2.27. The molecule has 0 aliphatic rings. The van der Waals surface area contributed by atoms with E-state index in [0.29, 0.717) is 35.1 Å². The van der Waals surface area contributed by atoms with E-state index in [1.165, 1.54) is 6.21 Å². The SMILES string of the molecule is CCN(CC)C(CCCCNC(=O)c1ccccc1)C(=O)N/N=C/c1ccc(-c2cccc(Cl)c2)o1. The lowest BCUT2D eigenvalue weighted by molar-refractivity contribution is -0.126. The molecule has 2 amide bonds. The van der Waals surface area contributed by atoms with Crippen LogP contribution >= 0.6 is 11.6 Å². The minimum atomic E-state index is -0.305. The maximum atomic E-state index is 12.9. The number of rotatable bonds is 13. The summed E-state index contributed by atoms with van der Waals surface area (Å²) in [6, 6.07) is 19.9. The summed E-state index contributed by atoms with van der Waals surface area (Å²) in [6.07, 6.45) is 3.74. The summed E-state index contributed by atoms with van der Waals surface area (Å²) in [7, 11) is 0. The molecule has 0 radical (unpaired) electrons. The van der Waals surface area contributed by atoms with Crippen LogP contribution in [0.4, 0.5) is 0 Å². The Bertz CT molecular complexity index is 1140. The molecule has 0 aliphatic carbocycles. The standard InChI is InChI=1S/C28H33ClN4O3/c1-3-33(4-2)25(15-8-9-18-30-27(34)21-11-6-5-7-12-21)28(35)32-31-20-24-16-17-26(36-24)22-13-10-14-23(29)19-22/h5-7,10-14,16-17,19-20,25H,3-4,8-9,15,18H2,1-2H3,(H,30,34)(H,32,35)/b31-20+. The Hall–Kier alpha value is -3.42. The van der Waals surface area contributed by atoms with E-state index in [1.807, 2.05) is 56.3 Å². The molecule has 3 aromatic rings. The Morgan fingerprint density at radius 1 is 1.03 bits per heavy atom. The molecule has 0 aliphatic heterocycles. The second-order valence-electron chi connectivity index (χ2n) is 8.30. The van der Waals surface area contributed by atoms with Crippen molar-refractivity contribution in [3.8, 4) is 11.3 Å². The van der Waals surface area contributed by atoms with Crippen molar-refractivity contribution in [2.24, 2.45) is 5.10 Å². The van der Waals surface area contributed by atoms with E-state index in [0.717, 1.165) is 31.5 Å². The highest BCUT2D eigenvalue weighted by molar-refractivity contribution is 6.30. The summed E-state index contributed by atoms with van der Waals surface area (Å²) in [5.74, 6) is 0.953. The average molecular weight is 509 g/mol. The summed E-state index contributed by atoms with van der Waals surface area (Å²) in [5, 5.41) is 7.68. The number of carbonyl (C=O) groups excluding carboxylic acids is 2. The largest absolute Gasteiger partial charge is 0.455 e. The summed E-state index contributed by atoms with van der Waals surface area (Å²) in [4.78, 5) is 27.2. The van der Waals surface area contributed by atoms with Crippen LogP contribution in [-0.4, -0.2) is 48.6 Å². The van der Waals surface area contributed by atoms with Gasteiger partial charge < -0.3 is 9.73 Å². The van der Waals surface area contributed by atoms with Crippen LogP contribution in [0.15, 0.2) is 76.2 Å². The number of hydrogen-bond donors (Lipinski definition) is 2. The van der Waals surface area contributed by atoms with Crippen LogP contribution in [-0.2, 0) is 4.79 Å². The first-order chi connectivity index (χ1) is 17.5. The number of halogens is 1. The van der Waals surface area contributed by atoms with E-state index in [9.17, 15) is 9.59 Å². The monoisotopic (exact) mass is 508 g/mol. The van der Waals surface area contributed by atoms with Crippen LogP contribution < -0.4 is 10.7 Å². The third-order valence-electron chi connectivity index (χ3n) is 5.88. The number of benzene rings is 2. The maximum Gasteiger partial charge on any atom is 0.257 e. The molecule has 1 unspecified atom stereocenters. The topological polar surface area (TPSA) is 86.9 Å². The van der Waals surface area contributed by atoms with Crippen LogP contribution in [0.1, 0.15) is 49.2 Å². The molecule has 0 fully saturated rings. The molecule has 7 nitrogen and oxygen atoms in total. The van der Waals surface area contributed by atoms with E-state index in [2.05, 4.69) is 20.7 Å². The third-order valence-corrected chi connectivity index (χ3v) is 6.12. The fraction of sp³-hybridized carbons (Fsp3) is 0.321. The van der Waals surface area contributed by atoms with Gasteiger partial charge in [-0.15, -0.1) is 0 Å². The average Bonchev–Trinajstić information content (AvgIpc) is 3.37. The van der Waals surface area contributed by atoms with Gasteiger partial charge in [0.25, 0.3) is 11.8 Å². The second-order valence-corrected chi connectivity index (χ2v) is 8.74. The number of unbranched alkanes of at least 4 members (excludes halogenated alkanes) is 1. The Balaban J connectivity index is 1.49. The fourth-order valence-electron chi connectivity index (χ4n) is 3.95. The molecule has 190 valence electrons. The van der Waals surface area contributed by atoms with Gasteiger partial charge in [0.2, 0.25) is 0 Å². The van der Waals surface area contributed by atoms with Gasteiger partial charge in [0, 0.05) is 22.7 Å². The van der Waals surface area contributed by atoms with Crippen LogP contribution in [0.3, 0.4) is 0 Å². The van der Waals surface area contributed by atoms with Gasteiger partial charge in [-0.3, -0.25) is 14.5 Å². The predicted octanol–water partition coefficient (Wildman–Crippen LogP) is 5.36. The van der Waals surface area contributed by atoms with Gasteiger partial charge in [0.05, 0.1) is 12.3 Å². The molecule has 0 saturated heterocycles. The zero-order valence-electron chi connectivity index (χ0n) is 20.7. The minimum absolute atomic E-state index is 0.0839. The molecule has 1 heterocycles. The summed E-state index contributed by atoms with van der Waals surface area (Å²) < 4.78 is 5.80. The quantitative estimate of drug-likeness (QED) is 0.185. The van der Waals surface area contributed by atoms with Crippen molar-refractivity contribution < 1.29 is 14.0 Å². The van der Waals surface area contributed by atoms with Gasteiger partial charge in [0.15, 0.2) is 0 Å². The lowest BCUT2D eigenvalue weighted by atomic mass is 10.1. The number of amides is 2. The highest BCUT2D eigenvalue weighted by Crippen LogP contribution is 2.24. The lowest BCUT2D eigenvalue weighted by Crippen LogP contribution is -2.45. The molecule has 2 aromatic carbocycles. The van der Waals surface area contributed by atoms with Crippen LogP contribution in [0.2, 0.25) is 5.02 Å². The van der Waals surface area contributed by atoms with E-state index >= 15 is 0 Å².